The number of hydrogen-bond donors (Lipinski definition) is 2. The fourth-order valence-electron chi connectivity index (χ4n) is 1.67. The molecule has 4 nitrogen and oxygen atoms in total. The van der Waals surface area contributed by atoms with Crippen molar-refractivity contribution < 1.29 is 4.79 Å². The van der Waals surface area contributed by atoms with E-state index in [-0.39, 0.29) is 5.91 Å². The molecule has 1 aromatic rings. The highest BCUT2D eigenvalue weighted by molar-refractivity contribution is 5.90. The van der Waals surface area contributed by atoms with Gasteiger partial charge in [0.05, 0.1) is 0 Å². The van der Waals surface area contributed by atoms with Crippen LogP contribution in [0.15, 0.2) is 24.3 Å². The summed E-state index contributed by atoms with van der Waals surface area (Å²) in [4.78, 5) is 14.0. The van der Waals surface area contributed by atoms with Crippen LogP contribution >= 0.6 is 0 Å². The van der Waals surface area contributed by atoms with Gasteiger partial charge in [-0.25, -0.2) is 0 Å². The predicted octanol–water partition coefficient (Wildman–Crippen LogP) is 2.58. The molecule has 0 heterocycles. The number of hydrogen-bond acceptors (Lipinski definition) is 3. The highest BCUT2D eigenvalue weighted by Crippen LogP contribution is 2.10. The normalized spacial score (nSPS) is 11.0. The van der Waals surface area contributed by atoms with Gasteiger partial charge < -0.3 is 16.0 Å². The van der Waals surface area contributed by atoms with Gasteiger partial charge in [-0.15, -0.1) is 0 Å². The summed E-state index contributed by atoms with van der Waals surface area (Å²) in [6, 6.07) is 7.19. The molecular weight excluding hydrogens is 238 g/mol. The standard InChI is InChI=1S/C15H25N3O/c1-12(2)8-10-18(3)11-9-15(19)17-14-6-4-13(16)5-7-14/h4-7,12H,8-11,16H2,1-3H3,(H,17,19). The molecule has 0 bridgehead atoms. The monoisotopic (exact) mass is 263 g/mol. The average Bonchev–Trinajstić information content (AvgIpc) is 2.36. The van der Waals surface area contributed by atoms with Gasteiger partial charge in [0.15, 0.2) is 0 Å². The summed E-state index contributed by atoms with van der Waals surface area (Å²) in [5.74, 6) is 0.743. The second-order valence-electron chi connectivity index (χ2n) is 5.41. The fraction of sp³-hybridized carbons (Fsp3) is 0.533. The largest absolute Gasteiger partial charge is 0.399 e. The minimum atomic E-state index is 0.0427. The van der Waals surface area contributed by atoms with Gasteiger partial charge >= 0.3 is 0 Å². The average molecular weight is 263 g/mol. The summed E-state index contributed by atoms with van der Waals surface area (Å²) in [6.07, 6.45) is 1.68. The molecule has 0 atom stereocenters. The Balaban J connectivity index is 2.26. The maximum atomic E-state index is 11.8. The van der Waals surface area contributed by atoms with E-state index in [0.29, 0.717) is 18.0 Å². The Morgan fingerprint density at radius 3 is 2.47 bits per heavy atom. The van der Waals surface area contributed by atoms with E-state index < -0.39 is 0 Å². The molecule has 0 aliphatic heterocycles. The SMILES string of the molecule is CC(C)CCN(C)CCC(=O)Nc1ccc(N)cc1. The Morgan fingerprint density at radius 1 is 1.26 bits per heavy atom. The summed E-state index contributed by atoms with van der Waals surface area (Å²) in [6.45, 7) is 6.24. The molecule has 0 fully saturated rings. The molecule has 0 radical (unpaired) electrons. The molecule has 0 unspecified atom stereocenters. The van der Waals surface area contributed by atoms with E-state index in [9.17, 15) is 4.79 Å². The number of nitrogens with two attached hydrogens (primary N) is 1. The molecule has 4 heteroatoms. The van der Waals surface area contributed by atoms with Crippen LogP contribution < -0.4 is 11.1 Å². The molecule has 1 amide bonds. The van der Waals surface area contributed by atoms with Gasteiger partial charge in [-0.05, 0) is 50.2 Å². The number of anilines is 2. The van der Waals surface area contributed by atoms with Gasteiger partial charge in [-0.3, -0.25) is 4.79 Å². The first-order valence-corrected chi connectivity index (χ1v) is 6.81. The second-order valence-corrected chi connectivity index (χ2v) is 5.41. The number of carbonyl (C=O) groups excluding carboxylic acids is 1. The molecule has 0 aliphatic carbocycles. The van der Waals surface area contributed by atoms with Gasteiger partial charge in [-0.1, -0.05) is 13.8 Å². The number of carbonyl (C=O) groups is 1. The van der Waals surface area contributed by atoms with Crippen LogP contribution in [0.3, 0.4) is 0 Å². The number of nitrogen functional groups attached to an aromatic ring is 1. The lowest BCUT2D eigenvalue weighted by Crippen LogP contribution is -2.25. The van der Waals surface area contributed by atoms with Crippen LogP contribution in [0.25, 0.3) is 0 Å². The summed E-state index contributed by atoms with van der Waals surface area (Å²) >= 11 is 0. The van der Waals surface area contributed by atoms with Crippen LogP contribution in [-0.4, -0.2) is 30.9 Å². The van der Waals surface area contributed by atoms with E-state index in [0.717, 1.165) is 25.2 Å². The van der Waals surface area contributed by atoms with E-state index in [1.807, 2.05) is 12.1 Å². The van der Waals surface area contributed by atoms with Crippen LogP contribution in [0.2, 0.25) is 0 Å². The first-order valence-electron chi connectivity index (χ1n) is 6.81. The molecule has 3 N–H and O–H groups in total. The summed E-state index contributed by atoms with van der Waals surface area (Å²) in [7, 11) is 2.05. The number of benzene rings is 1. The summed E-state index contributed by atoms with van der Waals surface area (Å²) in [5, 5.41) is 2.87. The Kier molecular flexibility index (Phi) is 6.36. The predicted molar refractivity (Wildman–Crippen MR) is 81.1 cm³/mol. The Bertz CT molecular complexity index is 387. The van der Waals surface area contributed by atoms with Crippen molar-refractivity contribution in [1.29, 1.82) is 0 Å². The lowest BCUT2D eigenvalue weighted by Gasteiger charge is -2.17. The molecule has 0 aliphatic rings. The van der Waals surface area contributed by atoms with E-state index in [1.54, 1.807) is 12.1 Å². The zero-order chi connectivity index (χ0) is 14.3. The fourth-order valence-corrected chi connectivity index (χ4v) is 1.67. The van der Waals surface area contributed by atoms with E-state index in [4.69, 9.17) is 5.73 Å². The smallest absolute Gasteiger partial charge is 0.225 e. The third kappa shape index (κ3) is 6.82. The van der Waals surface area contributed by atoms with E-state index >= 15 is 0 Å². The van der Waals surface area contributed by atoms with Gasteiger partial charge in [0, 0.05) is 24.3 Å². The molecule has 0 aromatic heterocycles. The van der Waals surface area contributed by atoms with Gasteiger partial charge in [-0.2, -0.15) is 0 Å². The molecule has 1 rings (SSSR count). The molecule has 0 spiro atoms. The van der Waals surface area contributed by atoms with Crippen molar-refractivity contribution >= 4 is 17.3 Å². The first kappa shape index (κ1) is 15.5. The minimum Gasteiger partial charge on any atom is -0.399 e. The lowest BCUT2D eigenvalue weighted by molar-refractivity contribution is -0.116. The minimum absolute atomic E-state index is 0.0427. The maximum absolute atomic E-state index is 11.8. The van der Waals surface area contributed by atoms with Crippen LogP contribution in [0.4, 0.5) is 11.4 Å². The number of rotatable bonds is 7. The van der Waals surface area contributed by atoms with Crippen molar-refractivity contribution in [3.63, 3.8) is 0 Å². The topological polar surface area (TPSA) is 58.4 Å². The first-order chi connectivity index (χ1) is 8.97. The molecule has 19 heavy (non-hydrogen) atoms. The van der Waals surface area contributed by atoms with Crippen molar-refractivity contribution in [2.24, 2.45) is 5.92 Å². The number of nitrogens with zero attached hydrogens (tertiary/aromatic N) is 1. The second kappa shape index (κ2) is 7.79. The van der Waals surface area contributed by atoms with Crippen LogP contribution in [0, 0.1) is 5.92 Å². The highest BCUT2D eigenvalue weighted by atomic mass is 16.1. The van der Waals surface area contributed by atoms with Gasteiger partial charge in [0.1, 0.15) is 0 Å². The number of amides is 1. The van der Waals surface area contributed by atoms with Crippen LogP contribution in [-0.2, 0) is 4.79 Å². The zero-order valence-electron chi connectivity index (χ0n) is 12.1. The maximum Gasteiger partial charge on any atom is 0.225 e. The van der Waals surface area contributed by atoms with Crippen molar-refractivity contribution in [3.05, 3.63) is 24.3 Å². The third-order valence-corrected chi connectivity index (χ3v) is 3.00. The third-order valence-electron chi connectivity index (χ3n) is 3.00. The van der Waals surface area contributed by atoms with Crippen molar-refractivity contribution in [3.8, 4) is 0 Å². The van der Waals surface area contributed by atoms with Crippen molar-refractivity contribution in [2.45, 2.75) is 26.7 Å². The quantitative estimate of drug-likeness (QED) is 0.743. The number of nitrogens with one attached hydrogen (secondary N) is 1. The molecule has 106 valence electrons. The van der Waals surface area contributed by atoms with Crippen molar-refractivity contribution in [1.82, 2.24) is 4.90 Å². The molecule has 0 saturated heterocycles. The van der Waals surface area contributed by atoms with E-state index in [1.165, 1.54) is 0 Å². The van der Waals surface area contributed by atoms with Gasteiger partial charge in [0.2, 0.25) is 5.91 Å². The van der Waals surface area contributed by atoms with Crippen LogP contribution in [0.1, 0.15) is 26.7 Å². The Morgan fingerprint density at radius 2 is 1.89 bits per heavy atom. The highest BCUT2D eigenvalue weighted by Gasteiger charge is 2.05. The molecular formula is C15H25N3O. The lowest BCUT2D eigenvalue weighted by atomic mass is 10.1. The summed E-state index contributed by atoms with van der Waals surface area (Å²) in [5.41, 5.74) is 7.09. The summed E-state index contributed by atoms with van der Waals surface area (Å²) < 4.78 is 0. The van der Waals surface area contributed by atoms with E-state index in [2.05, 4.69) is 31.1 Å². The Hall–Kier alpha value is -1.55. The molecule has 1 aromatic carbocycles. The van der Waals surface area contributed by atoms with Gasteiger partial charge in [0.25, 0.3) is 0 Å². The van der Waals surface area contributed by atoms with Crippen LogP contribution in [0.5, 0.6) is 0 Å². The zero-order valence-corrected chi connectivity index (χ0v) is 12.1. The molecule has 0 saturated carbocycles. The Labute approximate surface area is 116 Å². The van der Waals surface area contributed by atoms with Crippen molar-refractivity contribution in [2.75, 3.05) is 31.2 Å².